The standard InChI is InChI=1S/C20H27NO2/c1-15(2)23-19-11-9-17(10-12-19)16(3)21-20(13-14-22)18-7-5-4-6-8-18/h4-12,15-16,20-22H,13-14H2,1-3H3/t16?,20-/m1/s1. The minimum atomic E-state index is 0.141. The highest BCUT2D eigenvalue weighted by Gasteiger charge is 2.15. The summed E-state index contributed by atoms with van der Waals surface area (Å²) in [5, 5.41) is 13.0. The summed E-state index contributed by atoms with van der Waals surface area (Å²) < 4.78 is 5.68. The summed E-state index contributed by atoms with van der Waals surface area (Å²) in [5.41, 5.74) is 2.41. The third kappa shape index (κ3) is 5.38. The van der Waals surface area contributed by atoms with Crippen LogP contribution in [0.5, 0.6) is 5.75 Å². The van der Waals surface area contributed by atoms with Crippen LogP contribution in [0.4, 0.5) is 0 Å². The molecule has 0 saturated carbocycles. The summed E-state index contributed by atoms with van der Waals surface area (Å²) in [7, 11) is 0. The number of hydrogen-bond acceptors (Lipinski definition) is 3. The molecule has 2 N–H and O–H groups in total. The van der Waals surface area contributed by atoms with Gasteiger partial charge in [-0.05, 0) is 50.5 Å². The lowest BCUT2D eigenvalue weighted by Gasteiger charge is -2.24. The Morgan fingerprint density at radius 2 is 1.57 bits per heavy atom. The molecule has 2 atom stereocenters. The third-order valence-electron chi connectivity index (χ3n) is 3.82. The maximum Gasteiger partial charge on any atom is 0.119 e. The first kappa shape index (κ1) is 17.5. The summed E-state index contributed by atoms with van der Waals surface area (Å²) in [6.45, 7) is 6.36. The number of hydrogen-bond donors (Lipinski definition) is 2. The lowest BCUT2D eigenvalue weighted by atomic mass is 10.0. The number of ether oxygens (including phenoxy) is 1. The van der Waals surface area contributed by atoms with E-state index in [1.54, 1.807) is 0 Å². The molecular weight excluding hydrogens is 286 g/mol. The first-order valence-corrected chi connectivity index (χ1v) is 8.28. The van der Waals surface area contributed by atoms with Crippen LogP contribution in [-0.2, 0) is 0 Å². The van der Waals surface area contributed by atoms with Gasteiger partial charge in [0.05, 0.1) is 6.10 Å². The predicted octanol–water partition coefficient (Wildman–Crippen LogP) is 4.25. The van der Waals surface area contributed by atoms with Gasteiger partial charge in [-0.15, -0.1) is 0 Å². The second kappa shape index (κ2) is 8.70. The van der Waals surface area contributed by atoms with Crippen molar-refractivity contribution in [3.63, 3.8) is 0 Å². The predicted molar refractivity (Wildman–Crippen MR) is 94.6 cm³/mol. The van der Waals surface area contributed by atoms with Gasteiger partial charge in [-0.1, -0.05) is 42.5 Å². The molecule has 0 aliphatic heterocycles. The molecule has 0 heterocycles. The van der Waals surface area contributed by atoms with Gasteiger partial charge in [0.15, 0.2) is 0 Å². The fourth-order valence-corrected chi connectivity index (χ4v) is 2.67. The van der Waals surface area contributed by atoms with Crippen molar-refractivity contribution in [2.75, 3.05) is 6.61 Å². The number of rotatable bonds is 8. The molecule has 124 valence electrons. The Bertz CT molecular complexity index is 566. The van der Waals surface area contributed by atoms with Gasteiger partial charge >= 0.3 is 0 Å². The van der Waals surface area contributed by atoms with E-state index in [2.05, 4.69) is 36.5 Å². The fraction of sp³-hybridized carbons (Fsp3) is 0.400. The van der Waals surface area contributed by atoms with E-state index in [1.807, 2.05) is 44.2 Å². The van der Waals surface area contributed by atoms with E-state index in [9.17, 15) is 5.11 Å². The van der Waals surface area contributed by atoms with Gasteiger partial charge in [-0.3, -0.25) is 0 Å². The molecule has 0 bridgehead atoms. The van der Waals surface area contributed by atoms with Crippen LogP contribution in [0, 0.1) is 0 Å². The lowest BCUT2D eigenvalue weighted by molar-refractivity contribution is 0.242. The zero-order valence-corrected chi connectivity index (χ0v) is 14.2. The SMILES string of the molecule is CC(C)Oc1ccc(C(C)N[C@H](CCO)c2ccccc2)cc1. The number of nitrogens with one attached hydrogen (secondary N) is 1. The molecule has 0 saturated heterocycles. The van der Waals surface area contributed by atoms with Crippen LogP contribution in [0.15, 0.2) is 54.6 Å². The Kier molecular flexibility index (Phi) is 6.63. The van der Waals surface area contributed by atoms with Gasteiger partial charge in [0.2, 0.25) is 0 Å². The average molecular weight is 313 g/mol. The third-order valence-corrected chi connectivity index (χ3v) is 3.82. The molecule has 0 spiro atoms. The summed E-state index contributed by atoms with van der Waals surface area (Å²) in [5.74, 6) is 0.894. The van der Waals surface area contributed by atoms with Gasteiger partial charge in [0, 0.05) is 18.7 Å². The van der Waals surface area contributed by atoms with E-state index in [4.69, 9.17) is 4.74 Å². The summed E-state index contributed by atoms with van der Waals surface area (Å²) in [6, 6.07) is 18.8. The molecule has 3 nitrogen and oxygen atoms in total. The van der Waals surface area contributed by atoms with Crippen LogP contribution in [0.3, 0.4) is 0 Å². The Labute approximate surface area is 139 Å². The molecule has 0 radical (unpaired) electrons. The first-order valence-electron chi connectivity index (χ1n) is 8.28. The van der Waals surface area contributed by atoms with Gasteiger partial charge in [-0.25, -0.2) is 0 Å². The van der Waals surface area contributed by atoms with Gasteiger partial charge < -0.3 is 15.2 Å². The largest absolute Gasteiger partial charge is 0.491 e. The molecule has 0 aromatic heterocycles. The topological polar surface area (TPSA) is 41.5 Å². The van der Waals surface area contributed by atoms with Crippen LogP contribution in [-0.4, -0.2) is 17.8 Å². The first-order chi connectivity index (χ1) is 11.1. The maximum atomic E-state index is 9.35. The van der Waals surface area contributed by atoms with Gasteiger partial charge in [0.1, 0.15) is 5.75 Å². The Hall–Kier alpha value is -1.84. The average Bonchev–Trinajstić information content (AvgIpc) is 2.55. The van der Waals surface area contributed by atoms with Crippen molar-refractivity contribution >= 4 is 0 Å². The highest BCUT2D eigenvalue weighted by Crippen LogP contribution is 2.23. The van der Waals surface area contributed by atoms with E-state index in [0.717, 1.165) is 5.75 Å². The highest BCUT2D eigenvalue weighted by molar-refractivity contribution is 5.29. The van der Waals surface area contributed by atoms with Crippen molar-refractivity contribution in [2.24, 2.45) is 0 Å². The minimum absolute atomic E-state index is 0.141. The molecule has 1 unspecified atom stereocenters. The van der Waals surface area contributed by atoms with Crippen molar-refractivity contribution in [2.45, 2.75) is 45.4 Å². The normalized spacial score (nSPS) is 13.8. The molecule has 2 aromatic carbocycles. The van der Waals surface area contributed by atoms with Crippen LogP contribution < -0.4 is 10.1 Å². The van der Waals surface area contributed by atoms with Crippen LogP contribution >= 0.6 is 0 Å². The molecule has 23 heavy (non-hydrogen) atoms. The number of benzene rings is 2. The Morgan fingerprint density at radius 1 is 0.913 bits per heavy atom. The van der Waals surface area contributed by atoms with Crippen molar-refractivity contribution < 1.29 is 9.84 Å². The second-order valence-corrected chi connectivity index (χ2v) is 6.10. The molecule has 0 aliphatic carbocycles. The molecule has 2 rings (SSSR count). The highest BCUT2D eigenvalue weighted by atomic mass is 16.5. The Balaban J connectivity index is 2.05. The van der Waals surface area contributed by atoms with Crippen molar-refractivity contribution in [1.82, 2.24) is 5.32 Å². The van der Waals surface area contributed by atoms with E-state index < -0.39 is 0 Å². The Morgan fingerprint density at radius 3 is 2.13 bits per heavy atom. The monoisotopic (exact) mass is 313 g/mol. The molecule has 0 fully saturated rings. The number of aliphatic hydroxyl groups is 1. The van der Waals surface area contributed by atoms with Crippen molar-refractivity contribution in [3.8, 4) is 5.75 Å². The molecule has 0 aliphatic rings. The second-order valence-electron chi connectivity index (χ2n) is 6.10. The molecule has 3 heteroatoms. The summed E-state index contributed by atoms with van der Waals surface area (Å²) in [6.07, 6.45) is 0.881. The minimum Gasteiger partial charge on any atom is -0.491 e. The van der Waals surface area contributed by atoms with Crippen LogP contribution in [0.1, 0.15) is 50.4 Å². The smallest absolute Gasteiger partial charge is 0.119 e. The van der Waals surface area contributed by atoms with Crippen LogP contribution in [0.25, 0.3) is 0 Å². The van der Waals surface area contributed by atoms with Crippen molar-refractivity contribution in [1.29, 1.82) is 0 Å². The summed E-state index contributed by atoms with van der Waals surface area (Å²) >= 11 is 0. The van der Waals surface area contributed by atoms with E-state index in [1.165, 1.54) is 11.1 Å². The number of aliphatic hydroxyl groups excluding tert-OH is 1. The van der Waals surface area contributed by atoms with Gasteiger partial charge in [0.25, 0.3) is 0 Å². The van der Waals surface area contributed by atoms with E-state index in [0.29, 0.717) is 6.42 Å². The van der Waals surface area contributed by atoms with E-state index >= 15 is 0 Å². The molecular formula is C20H27NO2. The maximum absolute atomic E-state index is 9.35. The zero-order chi connectivity index (χ0) is 16.7. The fourth-order valence-electron chi connectivity index (χ4n) is 2.67. The van der Waals surface area contributed by atoms with E-state index in [-0.39, 0.29) is 24.8 Å². The van der Waals surface area contributed by atoms with Crippen LogP contribution in [0.2, 0.25) is 0 Å². The van der Waals surface area contributed by atoms with Gasteiger partial charge in [-0.2, -0.15) is 0 Å². The molecule has 2 aromatic rings. The quantitative estimate of drug-likeness (QED) is 0.765. The zero-order valence-electron chi connectivity index (χ0n) is 14.2. The molecule has 0 amide bonds. The lowest BCUT2D eigenvalue weighted by Crippen LogP contribution is -2.25. The summed E-state index contributed by atoms with van der Waals surface area (Å²) in [4.78, 5) is 0. The van der Waals surface area contributed by atoms with Crippen molar-refractivity contribution in [3.05, 3.63) is 65.7 Å².